The SMILES string of the molecule is COC(=O)C(Cc1ccc(-c2c(C)cc(C(F)(F)F)n(C)c2=O)cc1)NC(=O)c1c(Cl)cccc1Cl. The van der Waals surface area contributed by atoms with Gasteiger partial charge in [-0.05, 0) is 41.8 Å². The van der Waals surface area contributed by atoms with E-state index in [0.717, 1.165) is 13.1 Å². The fraction of sp³-hybridized carbons (Fsp3) is 0.240. The molecule has 0 fully saturated rings. The van der Waals surface area contributed by atoms with E-state index in [2.05, 4.69) is 5.32 Å². The topological polar surface area (TPSA) is 77.4 Å². The molecule has 1 amide bonds. The van der Waals surface area contributed by atoms with Gasteiger partial charge in [-0.1, -0.05) is 53.5 Å². The minimum Gasteiger partial charge on any atom is -0.467 e. The lowest BCUT2D eigenvalue weighted by Gasteiger charge is -2.18. The zero-order chi connectivity index (χ0) is 26.8. The maximum absolute atomic E-state index is 13.2. The first-order valence-corrected chi connectivity index (χ1v) is 11.3. The van der Waals surface area contributed by atoms with Crippen LogP contribution in [0.1, 0.15) is 27.2 Å². The highest BCUT2D eigenvalue weighted by atomic mass is 35.5. The van der Waals surface area contributed by atoms with Gasteiger partial charge in [0, 0.05) is 13.5 Å². The zero-order valence-corrected chi connectivity index (χ0v) is 20.9. The molecule has 3 rings (SSSR count). The number of nitrogens with one attached hydrogen (secondary N) is 1. The summed E-state index contributed by atoms with van der Waals surface area (Å²) < 4.78 is 45.0. The van der Waals surface area contributed by atoms with Crippen molar-refractivity contribution in [3.05, 3.63) is 91.3 Å². The number of carbonyl (C=O) groups excluding carboxylic acids is 2. The highest BCUT2D eigenvalue weighted by molar-refractivity contribution is 6.39. The number of alkyl halides is 3. The van der Waals surface area contributed by atoms with Gasteiger partial charge in [0.15, 0.2) is 0 Å². The van der Waals surface area contributed by atoms with Gasteiger partial charge in [0.25, 0.3) is 11.5 Å². The van der Waals surface area contributed by atoms with Crippen molar-refractivity contribution in [2.75, 3.05) is 7.11 Å². The first-order chi connectivity index (χ1) is 16.8. The molecule has 0 spiro atoms. The lowest BCUT2D eigenvalue weighted by atomic mass is 9.98. The van der Waals surface area contributed by atoms with Gasteiger partial charge in [0.05, 0.1) is 28.3 Å². The van der Waals surface area contributed by atoms with E-state index in [4.69, 9.17) is 27.9 Å². The lowest BCUT2D eigenvalue weighted by Crippen LogP contribution is -2.43. The van der Waals surface area contributed by atoms with Crippen LogP contribution < -0.4 is 10.9 Å². The highest BCUT2D eigenvalue weighted by Gasteiger charge is 2.34. The maximum atomic E-state index is 13.2. The van der Waals surface area contributed by atoms with Crippen molar-refractivity contribution in [1.29, 1.82) is 0 Å². The average Bonchev–Trinajstić information content (AvgIpc) is 2.80. The molecule has 190 valence electrons. The Labute approximate surface area is 214 Å². The molecule has 1 atom stereocenters. The molecule has 0 aliphatic heterocycles. The minimum atomic E-state index is -4.66. The molecule has 3 aromatic rings. The first-order valence-electron chi connectivity index (χ1n) is 10.5. The Bertz CT molecular complexity index is 1350. The molecule has 6 nitrogen and oxygen atoms in total. The van der Waals surface area contributed by atoms with Crippen molar-refractivity contribution >= 4 is 35.1 Å². The number of aryl methyl sites for hydroxylation is 1. The van der Waals surface area contributed by atoms with Crippen LogP contribution in [-0.4, -0.2) is 29.6 Å². The molecule has 11 heteroatoms. The van der Waals surface area contributed by atoms with Crippen LogP contribution >= 0.6 is 23.2 Å². The Morgan fingerprint density at radius 3 is 2.19 bits per heavy atom. The number of hydrogen-bond acceptors (Lipinski definition) is 4. The molecule has 0 aliphatic carbocycles. The second-order valence-electron chi connectivity index (χ2n) is 8.00. The number of aromatic nitrogens is 1. The molecular formula is C25H21Cl2F3N2O4. The first kappa shape index (κ1) is 27.3. The number of benzene rings is 2. The Morgan fingerprint density at radius 2 is 1.67 bits per heavy atom. The van der Waals surface area contributed by atoms with Crippen LogP contribution in [0.4, 0.5) is 13.2 Å². The minimum absolute atomic E-state index is 0.0127. The van der Waals surface area contributed by atoms with Crippen molar-refractivity contribution in [3.63, 3.8) is 0 Å². The van der Waals surface area contributed by atoms with Crippen molar-refractivity contribution in [3.8, 4) is 11.1 Å². The molecule has 0 saturated heterocycles. The molecular weight excluding hydrogens is 520 g/mol. The summed E-state index contributed by atoms with van der Waals surface area (Å²) in [6.07, 6.45) is -4.63. The molecule has 0 aliphatic rings. The predicted molar refractivity (Wildman–Crippen MR) is 130 cm³/mol. The predicted octanol–water partition coefficient (Wildman–Crippen LogP) is 5.20. The smallest absolute Gasteiger partial charge is 0.431 e. The van der Waals surface area contributed by atoms with Crippen LogP contribution in [0.5, 0.6) is 0 Å². The van der Waals surface area contributed by atoms with Crippen molar-refractivity contribution < 1.29 is 27.5 Å². The standard InChI is InChI=1S/C25H21Cl2F3N2O4/c1-13-11-19(25(28,29)30)32(2)23(34)20(13)15-9-7-14(8-10-15)12-18(24(35)36-3)31-22(33)21-16(26)5-4-6-17(21)27/h4-11,18H,12H2,1-3H3,(H,31,33). The van der Waals surface area contributed by atoms with Gasteiger partial charge in [-0.3, -0.25) is 9.59 Å². The van der Waals surface area contributed by atoms with E-state index in [1.165, 1.54) is 26.2 Å². The molecule has 2 aromatic carbocycles. The molecule has 0 radical (unpaired) electrons. The van der Waals surface area contributed by atoms with E-state index in [9.17, 15) is 27.6 Å². The second kappa shape index (κ2) is 10.8. The van der Waals surface area contributed by atoms with E-state index >= 15 is 0 Å². The van der Waals surface area contributed by atoms with Crippen LogP contribution in [0.25, 0.3) is 11.1 Å². The summed E-state index contributed by atoms with van der Waals surface area (Å²) in [5.41, 5.74) is -0.503. The molecule has 36 heavy (non-hydrogen) atoms. The van der Waals surface area contributed by atoms with E-state index in [-0.39, 0.29) is 33.2 Å². The van der Waals surface area contributed by atoms with Gasteiger partial charge in [-0.2, -0.15) is 13.2 Å². The van der Waals surface area contributed by atoms with Crippen LogP contribution in [0.3, 0.4) is 0 Å². The largest absolute Gasteiger partial charge is 0.467 e. The Hall–Kier alpha value is -3.30. The molecule has 1 heterocycles. The van der Waals surface area contributed by atoms with Crippen LogP contribution in [0.15, 0.2) is 53.3 Å². The van der Waals surface area contributed by atoms with Gasteiger partial charge < -0.3 is 14.6 Å². The summed E-state index contributed by atoms with van der Waals surface area (Å²) in [5.74, 6) is -1.37. The summed E-state index contributed by atoms with van der Waals surface area (Å²) in [5, 5.41) is 2.79. The number of amides is 1. The third-order valence-corrected chi connectivity index (χ3v) is 6.21. The summed E-state index contributed by atoms with van der Waals surface area (Å²) in [7, 11) is 2.24. The highest BCUT2D eigenvalue weighted by Crippen LogP contribution is 2.31. The van der Waals surface area contributed by atoms with Crippen LogP contribution in [0, 0.1) is 6.92 Å². The monoisotopic (exact) mass is 540 g/mol. The van der Waals surface area contributed by atoms with Gasteiger partial charge in [-0.15, -0.1) is 0 Å². The Kier molecular flexibility index (Phi) is 8.15. The molecule has 1 aromatic heterocycles. The number of nitrogens with zero attached hydrogens (tertiary/aromatic N) is 1. The summed E-state index contributed by atoms with van der Waals surface area (Å²) in [6.45, 7) is 1.43. The third-order valence-electron chi connectivity index (χ3n) is 5.58. The number of halogens is 5. The van der Waals surface area contributed by atoms with Gasteiger partial charge in [0.2, 0.25) is 0 Å². The van der Waals surface area contributed by atoms with Gasteiger partial charge >= 0.3 is 12.1 Å². The number of carbonyl (C=O) groups is 2. The lowest BCUT2D eigenvalue weighted by molar-refractivity contribution is -0.144. The number of esters is 1. The molecule has 0 saturated carbocycles. The molecule has 1 unspecified atom stereocenters. The van der Waals surface area contributed by atoms with E-state index < -0.39 is 35.3 Å². The van der Waals surface area contributed by atoms with Crippen LogP contribution in [0.2, 0.25) is 10.0 Å². The Morgan fingerprint density at radius 1 is 1.08 bits per heavy atom. The van der Waals surface area contributed by atoms with E-state index in [1.54, 1.807) is 30.3 Å². The second-order valence-corrected chi connectivity index (χ2v) is 8.81. The number of pyridine rings is 1. The number of ether oxygens (including phenoxy) is 1. The summed E-state index contributed by atoms with van der Waals surface area (Å²) in [6, 6.07) is 10.7. The Balaban J connectivity index is 1.88. The van der Waals surface area contributed by atoms with Crippen LogP contribution in [-0.2, 0) is 29.2 Å². The van der Waals surface area contributed by atoms with Gasteiger partial charge in [0.1, 0.15) is 11.7 Å². The number of hydrogen-bond donors (Lipinski definition) is 1. The van der Waals surface area contributed by atoms with Crippen molar-refractivity contribution in [1.82, 2.24) is 9.88 Å². The molecule has 1 N–H and O–H groups in total. The maximum Gasteiger partial charge on any atom is 0.431 e. The van der Waals surface area contributed by atoms with Crippen molar-refractivity contribution in [2.24, 2.45) is 7.05 Å². The molecule has 0 bridgehead atoms. The van der Waals surface area contributed by atoms with Crippen molar-refractivity contribution in [2.45, 2.75) is 25.6 Å². The quantitative estimate of drug-likeness (QED) is 0.436. The van der Waals surface area contributed by atoms with E-state index in [1.807, 2.05) is 0 Å². The fourth-order valence-electron chi connectivity index (χ4n) is 3.77. The normalized spacial score (nSPS) is 12.2. The van der Waals surface area contributed by atoms with Gasteiger partial charge in [-0.25, -0.2) is 4.79 Å². The van der Waals surface area contributed by atoms with E-state index in [0.29, 0.717) is 15.7 Å². The number of methoxy groups -OCH3 is 1. The average molecular weight is 541 g/mol. The zero-order valence-electron chi connectivity index (χ0n) is 19.4. The fourth-order valence-corrected chi connectivity index (χ4v) is 4.34. The summed E-state index contributed by atoms with van der Waals surface area (Å²) in [4.78, 5) is 37.8. The summed E-state index contributed by atoms with van der Waals surface area (Å²) >= 11 is 12.2. The number of rotatable bonds is 6. The third kappa shape index (κ3) is 5.74.